The molecule has 0 saturated heterocycles. The van der Waals surface area contributed by atoms with Crippen LogP contribution in [0.2, 0.25) is 5.02 Å². The van der Waals surface area contributed by atoms with Gasteiger partial charge in [-0.15, -0.1) is 0 Å². The molecular formula is C22H22ClN3O3. The first-order valence-corrected chi connectivity index (χ1v) is 9.20. The molecule has 0 aliphatic heterocycles. The predicted molar refractivity (Wildman–Crippen MR) is 115 cm³/mol. The van der Waals surface area contributed by atoms with Gasteiger partial charge in [0.25, 0.3) is 5.91 Å². The molecule has 7 heteroatoms. The van der Waals surface area contributed by atoms with E-state index in [4.69, 9.17) is 21.3 Å². The highest BCUT2D eigenvalue weighted by molar-refractivity contribution is 6.45. The van der Waals surface area contributed by atoms with Crippen LogP contribution in [0.4, 0.5) is 0 Å². The van der Waals surface area contributed by atoms with Crippen molar-refractivity contribution in [2.45, 2.75) is 20.5 Å². The van der Waals surface area contributed by atoms with E-state index in [2.05, 4.69) is 27.5 Å². The maximum atomic E-state index is 12.2. The van der Waals surface area contributed by atoms with E-state index >= 15 is 0 Å². The van der Waals surface area contributed by atoms with Gasteiger partial charge in [-0.05, 0) is 43.5 Å². The quantitative estimate of drug-likeness (QED) is 0.447. The minimum absolute atomic E-state index is 0.151. The highest BCUT2D eigenvalue weighted by atomic mass is 35.5. The van der Waals surface area contributed by atoms with Crippen molar-refractivity contribution in [1.82, 2.24) is 5.32 Å². The second kappa shape index (κ2) is 10.9. The molecule has 0 aromatic heterocycles. The number of nitrogens with one attached hydrogen (secondary N) is 1. The zero-order chi connectivity index (χ0) is 21.2. The van der Waals surface area contributed by atoms with Crippen LogP contribution < -0.4 is 5.32 Å². The summed E-state index contributed by atoms with van der Waals surface area (Å²) in [6, 6.07) is 12.8. The van der Waals surface area contributed by atoms with Gasteiger partial charge in [-0.1, -0.05) is 52.1 Å². The molecule has 0 aliphatic carbocycles. The van der Waals surface area contributed by atoms with E-state index in [1.807, 2.05) is 31.2 Å². The number of carbonyl (C=O) groups excluding carboxylic acids is 1. The lowest BCUT2D eigenvalue weighted by Gasteiger charge is -2.12. The van der Waals surface area contributed by atoms with Gasteiger partial charge in [0.2, 0.25) is 0 Å². The van der Waals surface area contributed by atoms with Gasteiger partial charge in [-0.25, -0.2) is 0 Å². The molecule has 0 atom stereocenters. The highest BCUT2D eigenvalue weighted by Crippen LogP contribution is 2.17. The van der Waals surface area contributed by atoms with E-state index < -0.39 is 0 Å². The van der Waals surface area contributed by atoms with Crippen molar-refractivity contribution in [3.63, 3.8) is 0 Å². The Morgan fingerprint density at radius 1 is 1.21 bits per heavy atom. The monoisotopic (exact) mass is 411 g/mol. The number of carbonyl (C=O) groups is 1. The van der Waals surface area contributed by atoms with Crippen molar-refractivity contribution in [3.8, 4) is 11.8 Å². The molecule has 2 aromatic rings. The first kappa shape index (κ1) is 22.0. The molecule has 2 aromatic carbocycles. The van der Waals surface area contributed by atoms with Crippen LogP contribution in [-0.2, 0) is 21.1 Å². The van der Waals surface area contributed by atoms with Crippen LogP contribution in [0.5, 0.6) is 0 Å². The van der Waals surface area contributed by atoms with Gasteiger partial charge in [0.1, 0.15) is 19.4 Å². The second-order valence-corrected chi connectivity index (χ2v) is 6.45. The fraction of sp³-hybridized carbons (Fsp3) is 0.227. The van der Waals surface area contributed by atoms with Gasteiger partial charge < -0.3 is 15.0 Å². The molecule has 0 spiro atoms. The lowest BCUT2D eigenvalue weighted by atomic mass is 9.98. The molecule has 0 radical (unpaired) electrons. The Morgan fingerprint density at radius 2 is 1.97 bits per heavy atom. The average Bonchev–Trinajstić information content (AvgIpc) is 2.71. The summed E-state index contributed by atoms with van der Waals surface area (Å²) in [5, 5.41) is 11.1. The molecule has 2 rings (SSSR count). The van der Waals surface area contributed by atoms with Gasteiger partial charge in [0.15, 0.2) is 5.71 Å². The minimum atomic E-state index is -0.356. The van der Waals surface area contributed by atoms with Crippen LogP contribution in [0.1, 0.15) is 29.2 Å². The summed E-state index contributed by atoms with van der Waals surface area (Å²) in [5.41, 5.74) is 3.80. The molecule has 150 valence electrons. The van der Waals surface area contributed by atoms with Crippen molar-refractivity contribution in [3.05, 3.63) is 69.7 Å². The summed E-state index contributed by atoms with van der Waals surface area (Å²) in [4.78, 5) is 22.5. The Hall–Kier alpha value is -3.30. The number of nitrogens with zero attached hydrogens (tertiary/aromatic N) is 2. The van der Waals surface area contributed by atoms with E-state index in [1.165, 1.54) is 14.2 Å². The van der Waals surface area contributed by atoms with Crippen molar-refractivity contribution in [2.24, 2.45) is 10.3 Å². The van der Waals surface area contributed by atoms with E-state index in [0.717, 1.165) is 16.7 Å². The van der Waals surface area contributed by atoms with Crippen LogP contribution in [0, 0.1) is 18.8 Å². The minimum Gasteiger partial charge on any atom is -0.398 e. The molecule has 0 saturated carbocycles. The SMILES string of the molecule is CNC(=O)/C(=N/OC)c1cccc(C)c1CO/N=C(\C)C#Cc1cccc(Cl)c1. The van der Waals surface area contributed by atoms with Gasteiger partial charge >= 0.3 is 0 Å². The highest BCUT2D eigenvalue weighted by Gasteiger charge is 2.19. The summed E-state index contributed by atoms with van der Waals surface area (Å²) in [6.45, 7) is 3.82. The number of halogens is 1. The second-order valence-electron chi connectivity index (χ2n) is 6.01. The van der Waals surface area contributed by atoms with Crippen LogP contribution in [0.3, 0.4) is 0 Å². The zero-order valence-electron chi connectivity index (χ0n) is 16.7. The average molecular weight is 412 g/mol. The zero-order valence-corrected chi connectivity index (χ0v) is 17.5. The molecule has 0 unspecified atom stereocenters. The molecule has 0 heterocycles. The first-order chi connectivity index (χ1) is 14.0. The summed E-state index contributed by atoms with van der Waals surface area (Å²) in [7, 11) is 2.92. The third kappa shape index (κ3) is 6.37. The topological polar surface area (TPSA) is 72.3 Å². The number of hydrogen-bond acceptors (Lipinski definition) is 5. The number of hydrogen-bond donors (Lipinski definition) is 1. The van der Waals surface area contributed by atoms with Crippen molar-refractivity contribution in [1.29, 1.82) is 0 Å². The number of aryl methyl sites for hydroxylation is 1. The number of likely N-dealkylation sites (N-methyl/N-ethyl adjacent to an activating group) is 1. The lowest BCUT2D eigenvalue weighted by Crippen LogP contribution is -2.29. The van der Waals surface area contributed by atoms with E-state index in [9.17, 15) is 4.79 Å². The standard InChI is InChI=1S/C22H22ClN3O3/c1-15-7-5-10-19(21(26-28-4)22(27)24-3)20(15)14-29-25-16(2)11-12-17-8-6-9-18(23)13-17/h5-10,13H,14H2,1-4H3,(H,24,27)/b25-16+,26-21+. The maximum Gasteiger partial charge on any atom is 0.273 e. The maximum absolute atomic E-state index is 12.2. The Balaban J connectivity index is 2.19. The summed E-state index contributed by atoms with van der Waals surface area (Å²) in [5.74, 6) is 5.55. The Labute approximate surface area is 175 Å². The number of amides is 1. The Morgan fingerprint density at radius 3 is 2.66 bits per heavy atom. The van der Waals surface area contributed by atoms with E-state index in [-0.39, 0.29) is 18.2 Å². The molecular weight excluding hydrogens is 390 g/mol. The van der Waals surface area contributed by atoms with Crippen molar-refractivity contribution >= 4 is 28.9 Å². The normalized spacial score (nSPS) is 11.3. The van der Waals surface area contributed by atoms with E-state index in [0.29, 0.717) is 16.3 Å². The van der Waals surface area contributed by atoms with Gasteiger partial charge in [-0.3, -0.25) is 4.79 Å². The summed E-state index contributed by atoms with van der Waals surface area (Å²) >= 11 is 5.95. The summed E-state index contributed by atoms with van der Waals surface area (Å²) < 4.78 is 0. The number of oxime groups is 2. The molecule has 6 nitrogen and oxygen atoms in total. The van der Waals surface area contributed by atoms with Crippen LogP contribution in [-0.4, -0.2) is 31.5 Å². The van der Waals surface area contributed by atoms with E-state index in [1.54, 1.807) is 25.1 Å². The fourth-order valence-corrected chi connectivity index (χ4v) is 2.67. The van der Waals surface area contributed by atoms with Gasteiger partial charge in [0, 0.05) is 28.8 Å². The van der Waals surface area contributed by atoms with Crippen LogP contribution in [0.25, 0.3) is 0 Å². The third-order valence-corrected chi connectivity index (χ3v) is 4.15. The summed E-state index contributed by atoms with van der Waals surface area (Å²) in [6.07, 6.45) is 0. The van der Waals surface area contributed by atoms with Crippen molar-refractivity contribution in [2.75, 3.05) is 14.2 Å². The molecule has 0 fully saturated rings. The predicted octanol–water partition coefficient (Wildman–Crippen LogP) is 3.69. The molecule has 1 amide bonds. The number of rotatable bonds is 6. The molecule has 1 N–H and O–H groups in total. The largest absolute Gasteiger partial charge is 0.398 e. The third-order valence-electron chi connectivity index (χ3n) is 3.91. The van der Waals surface area contributed by atoms with Gasteiger partial charge in [0.05, 0.1) is 0 Å². The first-order valence-electron chi connectivity index (χ1n) is 8.82. The fourth-order valence-electron chi connectivity index (χ4n) is 2.48. The van der Waals surface area contributed by atoms with Gasteiger partial charge in [-0.2, -0.15) is 0 Å². The lowest BCUT2D eigenvalue weighted by molar-refractivity contribution is -0.114. The van der Waals surface area contributed by atoms with Crippen LogP contribution in [0.15, 0.2) is 52.8 Å². The molecule has 0 bridgehead atoms. The Bertz CT molecular complexity index is 1000. The molecule has 29 heavy (non-hydrogen) atoms. The van der Waals surface area contributed by atoms with Crippen molar-refractivity contribution < 1.29 is 14.5 Å². The number of benzene rings is 2. The molecule has 0 aliphatic rings. The Kier molecular flexibility index (Phi) is 8.26. The smallest absolute Gasteiger partial charge is 0.273 e. The van der Waals surface area contributed by atoms with Crippen LogP contribution >= 0.6 is 11.6 Å².